The Hall–Kier alpha value is -0.860. The minimum atomic E-state index is -0.290. The SMILES string of the molecule is Fc1ccc2nc(Cl)c(CCl)cc2c1. The lowest BCUT2D eigenvalue weighted by molar-refractivity contribution is 0.629. The Morgan fingerprint density at radius 1 is 1.29 bits per heavy atom. The van der Waals surface area contributed by atoms with Crippen LogP contribution < -0.4 is 0 Å². The molecule has 0 radical (unpaired) electrons. The molecule has 0 N–H and O–H groups in total. The first-order chi connectivity index (χ1) is 6.70. The first-order valence-corrected chi connectivity index (χ1v) is 4.92. The fraction of sp³-hybridized carbons (Fsp3) is 0.100. The molecule has 0 atom stereocenters. The number of benzene rings is 1. The fourth-order valence-corrected chi connectivity index (χ4v) is 1.75. The Balaban J connectivity index is 2.73. The van der Waals surface area contributed by atoms with Crippen LogP contribution in [0, 0.1) is 5.82 Å². The van der Waals surface area contributed by atoms with Crippen LogP contribution in [0.4, 0.5) is 4.39 Å². The lowest BCUT2D eigenvalue weighted by Gasteiger charge is -2.02. The highest BCUT2D eigenvalue weighted by molar-refractivity contribution is 6.31. The van der Waals surface area contributed by atoms with Crippen LogP contribution >= 0.6 is 23.2 Å². The Morgan fingerprint density at radius 3 is 2.79 bits per heavy atom. The molecule has 0 saturated heterocycles. The zero-order chi connectivity index (χ0) is 10.1. The molecule has 1 nitrogen and oxygen atoms in total. The van der Waals surface area contributed by atoms with Gasteiger partial charge in [0, 0.05) is 10.9 Å². The maximum Gasteiger partial charge on any atom is 0.134 e. The van der Waals surface area contributed by atoms with Gasteiger partial charge in [0.05, 0.1) is 11.4 Å². The second-order valence-corrected chi connectivity index (χ2v) is 3.53. The quantitative estimate of drug-likeness (QED) is 0.536. The molecule has 0 unspecified atom stereocenters. The number of halogens is 3. The molecule has 2 aromatic rings. The summed E-state index contributed by atoms with van der Waals surface area (Å²) in [4.78, 5) is 4.10. The van der Waals surface area contributed by atoms with Crippen molar-refractivity contribution in [3.63, 3.8) is 0 Å². The van der Waals surface area contributed by atoms with Gasteiger partial charge in [-0.1, -0.05) is 11.6 Å². The van der Waals surface area contributed by atoms with Crippen molar-refractivity contribution in [2.24, 2.45) is 0 Å². The Morgan fingerprint density at radius 2 is 2.07 bits per heavy atom. The molecule has 0 aliphatic heterocycles. The van der Waals surface area contributed by atoms with E-state index in [1.807, 2.05) is 0 Å². The summed E-state index contributed by atoms with van der Waals surface area (Å²) in [6.07, 6.45) is 0. The zero-order valence-electron chi connectivity index (χ0n) is 7.10. The van der Waals surface area contributed by atoms with E-state index in [-0.39, 0.29) is 11.7 Å². The van der Waals surface area contributed by atoms with Gasteiger partial charge in [0.2, 0.25) is 0 Å². The van der Waals surface area contributed by atoms with Crippen molar-refractivity contribution < 1.29 is 4.39 Å². The normalized spacial score (nSPS) is 10.8. The van der Waals surface area contributed by atoms with Crippen LogP contribution in [-0.2, 0) is 5.88 Å². The van der Waals surface area contributed by atoms with Gasteiger partial charge in [-0.3, -0.25) is 0 Å². The van der Waals surface area contributed by atoms with E-state index in [2.05, 4.69) is 4.98 Å². The highest BCUT2D eigenvalue weighted by Crippen LogP contribution is 2.22. The number of rotatable bonds is 1. The molecule has 0 saturated carbocycles. The summed E-state index contributed by atoms with van der Waals surface area (Å²) in [7, 11) is 0. The lowest BCUT2D eigenvalue weighted by atomic mass is 10.2. The molecular weight excluding hydrogens is 224 g/mol. The molecule has 0 spiro atoms. The molecule has 1 aromatic heterocycles. The van der Waals surface area contributed by atoms with E-state index >= 15 is 0 Å². The minimum absolute atomic E-state index is 0.276. The summed E-state index contributed by atoms with van der Waals surface area (Å²) in [5.74, 6) is -0.0136. The monoisotopic (exact) mass is 229 g/mol. The molecular formula is C10H6Cl2FN. The third kappa shape index (κ3) is 1.68. The number of aromatic nitrogens is 1. The van der Waals surface area contributed by atoms with Crippen molar-refractivity contribution in [3.8, 4) is 0 Å². The molecule has 0 bridgehead atoms. The zero-order valence-corrected chi connectivity index (χ0v) is 8.61. The number of hydrogen-bond donors (Lipinski definition) is 0. The van der Waals surface area contributed by atoms with Gasteiger partial charge in [-0.2, -0.15) is 0 Å². The van der Waals surface area contributed by atoms with Crippen molar-refractivity contribution in [1.82, 2.24) is 4.98 Å². The van der Waals surface area contributed by atoms with Crippen molar-refractivity contribution >= 4 is 34.1 Å². The van der Waals surface area contributed by atoms with Gasteiger partial charge < -0.3 is 0 Å². The van der Waals surface area contributed by atoms with Crippen molar-refractivity contribution in [2.45, 2.75) is 5.88 Å². The lowest BCUT2D eigenvalue weighted by Crippen LogP contribution is -1.87. The van der Waals surface area contributed by atoms with Crippen molar-refractivity contribution in [3.05, 3.63) is 40.8 Å². The average Bonchev–Trinajstić information content (AvgIpc) is 2.17. The standard InChI is InChI=1S/C10H6Cl2FN/c11-5-7-3-6-4-8(13)1-2-9(6)14-10(7)12/h1-4H,5H2. The smallest absolute Gasteiger partial charge is 0.134 e. The molecule has 72 valence electrons. The van der Waals surface area contributed by atoms with Gasteiger partial charge in [-0.25, -0.2) is 9.37 Å². The van der Waals surface area contributed by atoms with Crippen LogP contribution in [0.2, 0.25) is 5.15 Å². The first-order valence-electron chi connectivity index (χ1n) is 4.01. The predicted molar refractivity (Wildman–Crippen MR) is 56.3 cm³/mol. The second-order valence-electron chi connectivity index (χ2n) is 2.91. The Kier molecular flexibility index (Phi) is 2.57. The molecule has 0 fully saturated rings. The fourth-order valence-electron chi connectivity index (χ4n) is 1.26. The summed E-state index contributed by atoms with van der Waals surface area (Å²) in [5.41, 5.74) is 1.39. The van der Waals surface area contributed by atoms with Crippen molar-refractivity contribution in [2.75, 3.05) is 0 Å². The summed E-state index contributed by atoms with van der Waals surface area (Å²) < 4.78 is 12.9. The molecule has 2 rings (SSSR count). The summed E-state index contributed by atoms with van der Waals surface area (Å²) in [5, 5.41) is 1.09. The summed E-state index contributed by atoms with van der Waals surface area (Å²) in [6.45, 7) is 0. The van der Waals surface area contributed by atoms with E-state index in [0.717, 1.165) is 0 Å². The van der Waals surface area contributed by atoms with E-state index < -0.39 is 0 Å². The van der Waals surface area contributed by atoms with Gasteiger partial charge >= 0.3 is 0 Å². The van der Waals surface area contributed by atoms with E-state index in [1.165, 1.54) is 12.1 Å². The first kappa shape index (κ1) is 9.69. The number of fused-ring (bicyclic) bond motifs is 1. The maximum atomic E-state index is 12.9. The van der Waals surface area contributed by atoms with E-state index in [4.69, 9.17) is 23.2 Å². The van der Waals surface area contributed by atoms with E-state index in [9.17, 15) is 4.39 Å². The van der Waals surface area contributed by atoms with E-state index in [0.29, 0.717) is 21.6 Å². The molecule has 0 aliphatic carbocycles. The average molecular weight is 230 g/mol. The van der Waals surface area contributed by atoms with Gasteiger partial charge in [-0.05, 0) is 24.3 Å². The number of nitrogens with zero attached hydrogens (tertiary/aromatic N) is 1. The highest BCUT2D eigenvalue weighted by Gasteiger charge is 2.04. The molecule has 0 aliphatic rings. The second kappa shape index (κ2) is 3.71. The third-order valence-corrected chi connectivity index (χ3v) is 2.56. The molecule has 4 heteroatoms. The van der Waals surface area contributed by atoms with Crippen LogP contribution in [0.15, 0.2) is 24.3 Å². The molecule has 14 heavy (non-hydrogen) atoms. The maximum absolute atomic E-state index is 12.9. The van der Waals surface area contributed by atoms with Gasteiger partial charge in [0.25, 0.3) is 0 Å². The van der Waals surface area contributed by atoms with Crippen LogP contribution in [0.3, 0.4) is 0 Å². The van der Waals surface area contributed by atoms with Crippen molar-refractivity contribution in [1.29, 1.82) is 0 Å². The Labute approximate surface area is 90.5 Å². The van der Waals surface area contributed by atoms with Crippen LogP contribution in [0.25, 0.3) is 10.9 Å². The molecule has 0 amide bonds. The highest BCUT2D eigenvalue weighted by atomic mass is 35.5. The van der Waals surface area contributed by atoms with Crippen LogP contribution in [0.1, 0.15) is 5.56 Å². The number of hydrogen-bond acceptors (Lipinski definition) is 1. The third-order valence-electron chi connectivity index (χ3n) is 1.95. The predicted octanol–water partition coefficient (Wildman–Crippen LogP) is 3.77. The minimum Gasteiger partial charge on any atom is -0.236 e. The van der Waals surface area contributed by atoms with Gasteiger partial charge in [0.1, 0.15) is 11.0 Å². The van der Waals surface area contributed by atoms with Gasteiger partial charge in [0.15, 0.2) is 0 Å². The van der Waals surface area contributed by atoms with E-state index in [1.54, 1.807) is 12.1 Å². The van der Waals surface area contributed by atoms with Crippen LogP contribution in [-0.4, -0.2) is 4.98 Å². The van der Waals surface area contributed by atoms with Gasteiger partial charge in [-0.15, -0.1) is 11.6 Å². The Bertz CT molecular complexity index is 485. The van der Waals surface area contributed by atoms with Crippen LogP contribution in [0.5, 0.6) is 0 Å². The molecule has 1 heterocycles. The topological polar surface area (TPSA) is 12.9 Å². The summed E-state index contributed by atoms with van der Waals surface area (Å²) in [6, 6.07) is 6.11. The number of alkyl halides is 1. The molecule has 1 aromatic carbocycles. The summed E-state index contributed by atoms with van der Waals surface area (Å²) >= 11 is 11.5. The number of pyridine rings is 1. The largest absolute Gasteiger partial charge is 0.236 e.